The maximum atomic E-state index is 13.0. The first-order chi connectivity index (χ1) is 17.2. The second-order valence-corrected chi connectivity index (χ2v) is 7.91. The number of hydrogen-bond donors (Lipinski definition) is 2. The van der Waals surface area contributed by atoms with E-state index < -0.39 is 0 Å². The summed E-state index contributed by atoms with van der Waals surface area (Å²) >= 11 is 0. The predicted octanol–water partition coefficient (Wildman–Crippen LogP) is 6.57. The van der Waals surface area contributed by atoms with E-state index in [9.17, 15) is 9.18 Å². The van der Waals surface area contributed by atoms with Gasteiger partial charge in [-0.1, -0.05) is 60.7 Å². The summed E-state index contributed by atoms with van der Waals surface area (Å²) in [5.74, 6) is 0.610. The van der Waals surface area contributed by atoms with Gasteiger partial charge in [-0.05, 0) is 48.5 Å². The first-order valence-corrected chi connectivity index (χ1v) is 11.2. The van der Waals surface area contributed by atoms with Crippen molar-refractivity contribution in [1.82, 2.24) is 9.97 Å². The summed E-state index contributed by atoms with van der Waals surface area (Å²) < 4.78 is 18.6. The number of rotatable bonds is 7. The van der Waals surface area contributed by atoms with E-state index in [0.717, 1.165) is 33.9 Å². The molecule has 0 aliphatic rings. The first kappa shape index (κ1) is 22.1. The maximum Gasteiger partial charge on any atom is 0.262 e. The summed E-state index contributed by atoms with van der Waals surface area (Å²) in [6, 6.07) is 33.1. The summed E-state index contributed by atoms with van der Waals surface area (Å²) in [5.41, 5.74) is 5.32. The Kier molecular flexibility index (Phi) is 6.35. The number of halogens is 1. The summed E-state index contributed by atoms with van der Waals surface area (Å²) in [4.78, 5) is 20.5. The number of hydrogen-bond acceptors (Lipinski definition) is 3. The van der Waals surface area contributed by atoms with E-state index in [2.05, 4.69) is 22.4 Å². The fourth-order valence-corrected chi connectivity index (χ4v) is 3.72. The number of nitrogens with one attached hydrogen (secondary N) is 2. The smallest absolute Gasteiger partial charge is 0.262 e. The summed E-state index contributed by atoms with van der Waals surface area (Å²) in [6.45, 7) is -0.159. The number of H-pyrrole nitrogens is 1. The zero-order valence-corrected chi connectivity index (χ0v) is 18.7. The Morgan fingerprint density at radius 2 is 1.40 bits per heavy atom. The number of anilines is 1. The Balaban J connectivity index is 1.32. The van der Waals surface area contributed by atoms with E-state index in [1.807, 2.05) is 60.7 Å². The van der Waals surface area contributed by atoms with E-state index in [0.29, 0.717) is 11.4 Å². The second-order valence-electron chi connectivity index (χ2n) is 7.91. The Labute approximate surface area is 202 Å². The molecule has 0 saturated heterocycles. The molecule has 0 radical (unpaired) electrons. The van der Waals surface area contributed by atoms with Crippen LogP contribution in [0, 0.1) is 5.82 Å². The fourth-order valence-electron chi connectivity index (χ4n) is 3.72. The molecular formula is C29H22FN3O2. The van der Waals surface area contributed by atoms with E-state index >= 15 is 0 Å². The van der Waals surface area contributed by atoms with Gasteiger partial charge in [-0.25, -0.2) is 9.37 Å². The van der Waals surface area contributed by atoms with Gasteiger partial charge in [-0.2, -0.15) is 0 Å². The van der Waals surface area contributed by atoms with Crippen LogP contribution < -0.4 is 10.1 Å². The first-order valence-electron chi connectivity index (χ1n) is 11.2. The summed E-state index contributed by atoms with van der Waals surface area (Å²) in [7, 11) is 0. The molecule has 5 aromatic rings. The lowest BCUT2D eigenvalue weighted by Crippen LogP contribution is -2.20. The molecule has 0 fully saturated rings. The second kappa shape index (κ2) is 10.1. The molecule has 0 saturated carbocycles. The molecule has 5 rings (SSSR count). The summed E-state index contributed by atoms with van der Waals surface area (Å²) in [6.07, 6.45) is 0. The lowest BCUT2D eigenvalue weighted by Gasteiger charge is -2.08. The Morgan fingerprint density at radius 3 is 2.06 bits per heavy atom. The van der Waals surface area contributed by atoms with Gasteiger partial charge in [0.2, 0.25) is 0 Å². The van der Waals surface area contributed by atoms with Gasteiger partial charge in [0.1, 0.15) is 17.4 Å². The zero-order valence-electron chi connectivity index (χ0n) is 18.7. The molecule has 0 atom stereocenters. The number of imidazole rings is 1. The third-order valence-electron chi connectivity index (χ3n) is 5.44. The van der Waals surface area contributed by atoms with Gasteiger partial charge >= 0.3 is 0 Å². The lowest BCUT2D eigenvalue weighted by atomic mass is 10.1. The van der Waals surface area contributed by atoms with Gasteiger partial charge in [-0.15, -0.1) is 0 Å². The van der Waals surface area contributed by atoms with E-state index in [1.165, 1.54) is 24.3 Å². The van der Waals surface area contributed by atoms with E-state index in [1.54, 1.807) is 12.1 Å². The third kappa shape index (κ3) is 5.28. The van der Waals surface area contributed by atoms with Crippen LogP contribution in [0.3, 0.4) is 0 Å². The van der Waals surface area contributed by atoms with Crippen molar-refractivity contribution in [2.24, 2.45) is 0 Å². The minimum atomic E-state index is -0.359. The van der Waals surface area contributed by atoms with Gasteiger partial charge in [0.15, 0.2) is 6.61 Å². The normalized spacial score (nSPS) is 10.7. The minimum absolute atomic E-state index is 0.159. The summed E-state index contributed by atoms with van der Waals surface area (Å²) in [5, 5.41) is 2.67. The molecule has 6 heteroatoms. The number of carbonyl (C=O) groups is 1. The highest BCUT2D eigenvalue weighted by Crippen LogP contribution is 2.33. The molecule has 1 heterocycles. The standard InChI is InChI=1S/C29H22FN3O2/c30-23-13-15-24(16-14-23)31-26(34)19-35-25-17-11-22(12-18-25)29-32-27(20-7-3-1-4-8-20)28(33-29)21-9-5-2-6-10-21/h1-18H,19H2,(H,31,34)(H,32,33). The van der Waals surface area contributed by atoms with Crippen LogP contribution in [0.2, 0.25) is 0 Å². The quantitative estimate of drug-likeness (QED) is 0.287. The molecular weight excluding hydrogens is 441 g/mol. The van der Waals surface area contributed by atoms with Gasteiger partial charge in [0.25, 0.3) is 5.91 Å². The molecule has 0 spiro atoms. The molecule has 1 amide bonds. The molecule has 35 heavy (non-hydrogen) atoms. The number of carbonyl (C=O) groups excluding carboxylic acids is 1. The van der Waals surface area contributed by atoms with Crippen LogP contribution in [-0.2, 0) is 4.79 Å². The average molecular weight is 464 g/mol. The maximum absolute atomic E-state index is 13.0. The highest BCUT2D eigenvalue weighted by atomic mass is 19.1. The van der Waals surface area contributed by atoms with Crippen LogP contribution in [0.5, 0.6) is 5.75 Å². The molecule has 0 aliphatic carbocycles. The molecule has 0 bridgehead atoms. The Hall–Kier alpha value is -4.71. The predicted molar refractivity (Wildman–Crippen MR) is 135 cm³/mol. The van der Waals surface area contributed by atoms with Crippen molar-refractivity contribution in [2.45, 2.75) is 0 Å². The molecule has 2 N–H and O–H groups in total. The SMILES string of the molecule is O=C(COc1ccc(-c2nc(-c3ccccc3)c(-c3ccccc3)[nH]2)cc1)Nc1ccc(F)cc1. The third-order valence-corrected chi connectivity index (χ3v) is 5.44. The number of amides is 1. The number of nitrogens with zero attached hydrogens (tertiary/aromatic N) is 1. The Bertz CT molecular complexity index is 1360. The number of ether oxygens (including phenoxy) is 1. The number of aromatic amines is 1. The lowest BCUT2D eigenvalue weighted by molar-refractivity contribution is -0.118. The van der Waals surface area contributed by atoms with Crippen molar-refractivity contribution in [3.8, 4) is 39.7 Å². The van der Waals surface area contributed by atoms with Crippen molar-refractivity contribution in [3.63, 3.8) is 0 Å². The van der Waals surface area contributed by atoms with Gasteiger partial charge in [-0.3, -0.25) is 4.79 Å². The van der Waals surface area contributed by atoms with Crippen LogP contribution in [-0.4, -0.2) is 22.5 Å². The molecule has 4 aromatic carbocycles. The van der Waals surface area contributed by atoms with Crippen LogP contribution >= 0.6 is 0 Å². The van der Waals surface area contributed by atoms with E-state index in [-0.39, 0.29) is 18.3 Å². The van der Waals surface area contributed by atoms with Crippen LogP contribution in [0.1, 0.15) is 0 Å². The minimum Gasteiger partial charge on any atom is -0.484 e. The Morgan fingerprint density at radius 1 is 0.771 bits per heavy atom. The number of benzene rings is 4. The van der Waals surface area contributed by atoms with Crippen molar-refractivity contribution < 1.29 is 13.9 Å². The van der Waals surface area contributed by atoms with Gasteiger partial charge < -0.3 is 15.0 Å². The molecule has 0 aliphatic heterocycles. The average Bonchev–Trinajstić information content (AvgIpc) is 3.36. The monoisotopic (exact) mass is 463 g/mol. The topological polar surface area (TPSA) is 67.0 Å². The molecule has 1 aromatic heterocycles. The van der Waals surface area contributed by atoms with Crippen LogP contribution in [0.15, 0.2) is 109 Å². The number of aromatic nitrogens is 2. The molecule has 5 nitrogen and oxygen atoms in total. The van der Waals surface area contributed by atoms with Gasteiger partial charge in [0, 0.05) is 22.4 Å². The van der Waals surface area contributed by atoms with Crippen molar-refractivity contribution >= 4 is 11.6 Å². The van der Waals surface area contributed by atoms with Crippen LogP contribution in [0.4, 0.5) is 10.1 Å². The van der Waals surface area contributed by atoms with Crippen molar-refractivity contribution in [2.75, 3.05) is 11.9 Å². The van der Waals surface area contributed by atoms with Crippen molar-refractivity contribution in [1.29, 1.82) is 0 Å². The van der Waals surface area contributed by atoms with Crippen molar-refractivity contribution in [3.05, 3.63) is 115 Å². The molecule has 172 valence electrons. The van der Waals surface area contributed by atoms with Crippen LogP contribution in [0.25, 0.3) is 33.9 Å². The van der Waals surface area contributed by atoms with E-state index in [4.69, 9.17) is 9.72 Å². The zero-order chi connectivity index (χ0) is 24.0. The highest BCUT2D eigenvalue weighted by Gasteiger charge is 2.15. The largest absolute Gasteiger partial charge is 0.484 e. The molecule has 0 unspecified atom stereocenters. The fraction of sp³-hybridized carbons (Fsp3) is 0.0345. The highest BCUT2D eigenvalue weighted by molar-refractivity contribution is 5.91. The van der Waals surface area contributed by atoms with Gasteiger partial charge in [0.05, 0.1) is 11.4 Å².